The van der Waals surface area contributed by atoms with Gasteiger partial charge in [0.2, 0.25) is 12.1 Å². The third-order valence-electron chi connectivity index (χ3n) is 6.06. The smallest absolute Gasteiger partial charge is 0.374 e. The highest BCUT2D eigenvalue weighted by atomic mass is 16.5. The molecule has 1 heterocycles. The van der Waals surface area contributed by atoms with Crippen LogP contribution in [-0.2, 0) is 28.7 Å². The molecule has 0 saturated carbocycles. The van der Waals surface area contributed by atoms with Crippen LogP contribution in [0.3, 0.4) is 0 Å². The summed E-state index contributed by atoms with van der Waals surface area (Å²) < 4.78 is 11.3. The van der Waals surface area contributed by atoms with Gasteiger partial charge in [-0.25, -0.2) is 19.2 Å². The monoisotopic (exact) mass is 494 g/mol. The number of nitrogens with zero attached hydrogens (tertiary/aromatic N) is 2. The minimum atomic E-state index is -1.11. The van der Waals surface area contributed by atoms with Crippen LogP contribution in [0.2, 0.25) is 0 Å². The van der Waals surface area contributed by atoms with Crippen LogP contribution in [0.1, 0.15) is 73.1 Å². The minimum Gasteiger partial charge on any atom is -0.505 e. The molecule has 0 radical (unpaired) electrons. The molecule has 0 aliphatic carbocycles. The number of hydrogen-bond acceptors (Lipinski definition) is 6. The summed E-state index contributed by atoms with van der Waals surface area (Å²) >= 11 is 0. The number of rotatable bonds is 10. The Morgan fingerprint density at radius 1 is 0.886 bits per heavy atom. The lowest BCUT2D eigenvalue weighted by molar-refractivity contribution is -0.602. The standard InChI is InChI=1S/C25H38N2O8/c1-16-10-11-19(23(32)34-12-6-8-17(2)21(28)29)27(26)20(15-25(4,5)14-16)24(33)35-13-7-9-18(3)22(30)31/h8-9,16,19-20H,6-7,10-15H2,1-5H3,(H,28,29)(H,30,31). The molecule has 10 nitrogen and oxygen atoms in total. The number of carboxylic acid groups (broad SMARTS) is 2. The van der Waals surface area contributed by atoms with Gasteiger partial charge in [-0.2, -0.15) is 0 Å². The fourth-order valence-corrected chi connectivity index (χ4v) is 4.19. The Kier molecular flexibility index (Phi) is 11.8. The van der Waals surface area contributed by atoms with Crippen molar-refractivity contribution in [2.45, 2.75) is 85.2 Å². The second kappa shape index (κ2) is 13.7. The summed E-state index contributed by atoms with van der Waals surface area (Å²) in [4.78, 5) is 47.5. The Morgan fingerprint density at radius 2 is 1.34 bits per heavy atom. The highest BCUT2D eigenvalue weighted by molar-refractivity contribution is 5.86. The molecule has 0 aromatic carbocycles. The summed E-state index contributed by atoms with van der Waals surface area (Å²) in [6.45, 7) is 8.81. The fraction of sp³-hybridized carbons (Fsp3) is 0.680. The zero-order valence-electron chi connectivity index (χ0n) is 21.3. The van der Waals surface area contributed by atoms with Gasteiger partial charge in [-0.1, -0.05) is 32.9 Å². The van der Waals surface area contributed by atoms with Crippen LogP contribution in [0.25, 0.3) is 5.53 Å². The van der Waals surface area contributed by atoms with Crippen LogP contribution in [0.5, 0.6) is 0 Å². The molecular weight excluding hydrogens is 456 g/mol. The number of aliphatic carboxylic acids is 2. The van der Waals surface area contributed by atoms with Gasteiger partial charge in [0.15, 0.2) is 0 Å². The lowest BCUT2D eigenvalue weighted by Crippen LogP contribution is -2.45. The number of carboxylic acids is 2. The van der Waals surface area contributed by atoms with Crippen LogP contribution in [0, 0.1) is 11.3 Å². The molecule has 0 amide bonds. The molecule has 0 spiro atoms. The van der Waals surface area contributed by atoms with E-state index in [0.717, 1.165) is 11.1 Å². The first kappa shape index (κ1) is 30.0. The second-order valence-electron chi connectivity index (χ2n) is 9.96. The maximum absolute atomic E-state index is 12.9. The molecule has 1 saturated heterocycles. The van der Waals surface area contributed by atoms with Crippen molar-refractivity contribution in [2.24, 2.45) is 11.3 Å². The predicted octanol–water partition coefficient (Wildman–Crippen LogP) is 3.92. The zero-order valence-corrected chi connectivity index (χ0v) is 21.3. The largest absolute Gasteiger partial charge is 0.505 e. The van der Waals surface area contributed by atoms with Crippen molar-refractivity contribution >= 4 is 23.9 Å². The van der Waals surface area contributed by atoms with E-state index in [-0.39, 0.29) is 61.4 Å². The number of carbonyl (C=O) groups is 4. The van der Waals surface area contributed by atoms with E-state index in [0.29, 0.717) is 6.42 Å². The highest BCUT2D eigenvalue weighted by Crippen LogP contribution is 2.36. The first-order valence-electron chi connectivity index (χ1n) is 11.9. The summed E-state index contributed by atoms with van der Waals surface area (Å²) in [6.07, 6.45) is 5.26. The Labute approximate surface area is 206 Å². The minimum absolute atomic E-state index is 0.0563. The van der Waals surface area contributed by atoms with Crippen LogP contribution >= 0.6 is 0 Å². The molecule has 0 aromatic rings. The molecule has 3 unspecified atom stereocenters. The van der Waals surface area contributed by atoms with Gasteiger partial charge in [-0.05, 0) is 38.0 Å². The van der Waals surface area contributed by atoms with Gasteiger partial charge < -0.3 is 25.2 Å². The van der Waals surface area contributed by atoms with E-state index in [9.17, 15) is 24.7 Å². The van der Waals surface area contributed by atoms with Gasteiger partial charge in [0.1, 0.15) is 0 Å². The van der Waals surface area contributed by atoms with Crippen LogP contribution in [0.15, 0.2) is 23.3 Å². The molecule has 3 atom stereocenters. The van der Waals surface area contributed by atoms with Gasteiger partial charge in [0.25, 0.3) is 0 Å². The van der Waals surface area contributed by atoms with E-state index < -0.39 is 36.0 Å². The Hall–Kier alpha value is -3.04. The van der Waals surface area contributed by atoms with Crippen molar-refractivity contribution in [1.29, 1.82) is 0 Å². The van der Waals surface area contributed by atoms with E-state index in [1.165, 1.54) is 26.0 Å². The number of ether oxygens (including phenoxy) is 2. The van der Waals surface area contributed by atoms with E-state index >= 15 is 0 Å². The molecule has 1 aliphatic rings. The molecule has 1 aliphatic heterocycles. The van der Waals surface area contributed by atoms with Gasteiger partial charge in [-0.15, -0.1) is 0 Å². The summed E-state index contributed by atoms with van der Waals surface area (Å²) in [5.74, 6) is -3.26. The summed E-state index contributed by atoms with van der Waals surface area (Å²) in [7, 11) is 0. The summed E-state index contributed by atoms with van der Waals surface area (Å²) in [5, 5.41) is 17.8. The average molecular weight is 495 g/mol. The van der Waals surface area contributed by atoms with Crippen molar-refractivity contribution in [2.75, 3.05) is 13.2 Å². The molecule has 1 fully saturated rings. The van der Waals surface area contributed by atoms with Crippen molar-refractivity contribution < 1.29 is 43.6 Å². The predicted molar refractivity (Wildman–Crippen MR) is 127 cm³/mol. The summed E-state index contributed by atoms with van der Waals surface area (Å²) in [6, 6.07) is -2.19. The molecule has 35 heavy (non-hydrogen) atoms. The van der Waals surface area contributed by atoms with Gasteiger partial charge in [0, 0.05) is 36.8 Å². The third-order valence-corrected chi connectivity index (χ3v) is 6.06. The van der Waals surface area contributed by atoms with Crippen LogP contribution in [0.4, 0.5) is 0 Å². The Morgan fingerprint density at radius 3 is 1.80 bits per heavy atom. The molecule has 196 valence electrons. The first-order chi connectivity index (χ1) is 16.2. The molecule has 0 aromatic heterocycles. The topological polar surface area (TPSA) is 153 Å². The van der Waals surface area contributed by atoms with E-state index in [4.69, 9.17) is 19.7 Å². The quantitative estimate of drug-likeness (QED) is 0.201. The lowest BCUT2D eigenvalue weighted by Gasteiger charge is -2.30. The van der Waals surface area contributed by atoms with Gasteiger partial charge in [-0.3, -0.25) is 4.70 Å². The normalized spacial score (nSPS) is 23.5. The molecule has 1 rings (SSSR count). The number of hydrogen-bond donors (Lipinski definition) is 2. The number of carbonyl (C=O) groups excluding carboxylic acids is 2. The van der Waals surface area contributed by atoms with Crippen LogP contribution < -0.4 is 0 Å². The average Bonchev–Trinajstić information content (AvgIpc) is 2.80. The van der Waals surface area contributed by atoms with E-state index in [1.807, 2.05) is 13.8 Å². The zero-order chi connectivity index (χ0) is 26.8. The molecule has 10 heteroatoms. The Bertz CT molecular complexity index is 875. The lowest BCUT2D eigenvalue weighted by atomic mass is 9.78. The van der Waals surface area contributed by atoms with Crippen molar-refractivity contribution in [3.05, 3.63) is 28.8 Å². The first-order valence-corrected chi connectivity index (χ1v) is 11.9. The molecular formula is C25H38N2O8. The number of esters is 2. The van der Waals surface area contributed by atoms with Crippen molar-refractivity contribution in [1.82, 2.24) is 0 Å². The third kappa shape index (κ3) is 10.4. The Balaban J connectivity index is 2.97. The maximum Gasteiger partial charge on any atom is 0.374 e. The van der Waals surface area contributed by atoms with E-state index in [2.05, 4.69) is 6.92 Å². The summed E-state index contributed by atoms with van der Waals surface area (Å²) in [5.41, 5.74) is 11.0. The highest BCUT2D eigenvalue weighted by Gasteiger charge is 2.42. The van der Waals surface area contributed by atoms with Crippen LogP contribution in [-0.4, -0.2) is 64.1 Å². The molecule has 0 bridgehead atoms. The van der Waals surface area contributed by atoms with Crippen molar-refractivity contribution in [3.8, 4) is 0 Å². The van der Waals surface area contributed by atoms with Gasteiger partial charge >= 0.3 is 23.9 Å². The molecule has 2 N–H and O–H groups in total. The second-order valence-corrected chi connectivity index (χ2v) is 9.96. The van der Waals surface area contributed by atoms with Gasteiger partial charge in [0.05, 0.1) is 13.2 Å². The fourth-order valence-electron chi connectivity index (χ4n) is 4.19. The maximum atomic E-state index is 12.9. The van der Waals surface area contributed by atoms with Crippen molar-refractivity contribution in [3.63, 3.8) is 0 Å². The SMILES string of the molecule is CC(=CCCOC(=O)C1CCC(C)CC(C)(C)CC(C(=O)OCCC=C(C)C(=O)O)[N+]1=[N-])C(=O)O. The van der Waals surface area contributed by atoms with E-state index in [1.54, 1.807) is 0 Å².